The molecule has 0 bridgehead atoms. The lowest BCUT2D eigenvalue weighted by Crippen LogP contribution is -2.46. The molecule has 0 atom stereocenters. The predicted molar refractivity (Wildman–Crippen MR) is 126 cm³/mol. The van der Waals surface area contributed by atoms with E-state index in [1.165, 1.54) is 36.9 Å². The monoisotopic (exact) mass is 448 g/mol. The highest BCUT2D eigenvalue weighted by atomic mass is 16.5. The van der Waals surface area contributed by atoms with Gasteiger partial charge in [-0.05, 0) is 48.1 Å². The number of likely N-dealkylation sites (tertiary alicyclic amines) is 1. The summed E-state index contributed by atoms with van der Waals surface area (Å²) in [7, 11) is 3.28. The van der Waals surface area contributed by atoms with Crippen molar-refractivity contribution in [3.8, 4) is 11.5 Å². The van der Waals surface area contributed by atoms with Crippen molar-refractivity contribution < 1.29 is 14.0 Å². The van der Waals surface area contributed by atoms with Crippen molar-refractivity contribution in [2.75, 3.05) is 33.9 Å². The molecule has 7 heteroatoms. The summed E-state index contributed by atoms with van der Waals surface area (Å²) in [4.78, 5) is 9.74. The summed E-state index contributed by atoms with van der Waals surface area (Å²) < 4.78 is 16.3. The van der Waals surface area contributed by atoms with E-state index in [9.17, 15) is 0 Å². The molecule has 0 unspecified atom stereocenters. The standard InChI is InChI=1S/C26H32N4O3/c1-31-23-8-7-19(15-24(23)32-2)16-25-27-26(33-28-25)18-29-12-10-22(11-13-29)30-14-9-20-5-3-4-6-21(20)17-30/h3-8,15,22H,9-14,16-18H2,1-2H3. The predicted octanol–water partition coefficient (Wildman–Crippen LogP) is 3.70. The van der Waals surface area contributed by atoms with Crippen LogP contribution in [-0.4, -0.2) is 59.8 Å². The number of fused-ring (bicyclic) bond motifs is 1. The fraction of sp³-hybridized carbons (Fsp3) is 0.462. The van der Waals surface area contributed by atoms with Gasteiger partial charge < -0.3 is 14.0 Å². The fourth-order valence-corrected chi connectivity index (χ4v) is 5.06. The van der Waals surface area contributed by atoms with Gasteiger partial charge >= 0.3 is 0 Å². The van der Waals surface area contributed by atoms with E-state index in [-0.39, 0.29) is 0 Å². The van der Waals surface area contributed by atoms with Crippen LogP contribution in [0, 0.1) is 0 Å². The molecular weight excluding hydrogens is 416 g/mol. The Bertz CT molecular complexity index is 1070. The Hall–Kier alpha value is -2.90. The Morgan fingerprint density at radius 2 is 1.76 bits per heavy atom. The minimum Gasteiger partial charge on any atom is -0.493 e. The first-order valence-corrected chi connectivity index (χ1v) is 11.8. The van der Waals surface area contributed by atoms with Crippen molar-refractivity contribution in [3.63, 3.8) is 0 Å². The molecule has 1 saturated heterocycles. The fourth-order valence-electron chi connectivity index (χ4n) is 5.06. The average Bonchev–Trinajstić information content (AvgIpc) is 3.30. The summed E-state index contributed by atoms with van der Waals surface area (Å²) in [6, 6.07) is 15.4. The van der Waals surface area contributed by atoms with Gasteiger partial charge in [0.15, 0.2) is 17.3 Å². The highest BCUT2D eigenvalue weighted by Gasteiger charge is 2.27. The van der Waals surface area contributed by atoms with Gasteiger partial charge in [-0.15, -0.1) is 0 Å². The first-order valence-electron chi connectivity index (χ1n) is 11.8. The van der Waals surface area contributed by atoms with E-state index in [0.717, 1.165) is 25.2 Å². The molecule has 2 aromatic carbocycles. The number of aromatic nitrogens is 2. The molecule has 0 radical (unpaired) electrons. The molecule has 2 aliphatic heterocycles. The molecular formula is C26H32N4O3. The zero-order valence-electron chi connectivity index (χ0n) is 19.5. The number of nitrogens with zero attached hydrogens (tertiary/aromatic N) is 4. The van der Waals surface area contributed by atoms with Gasteiger partial charge in [0.25, 0.3) is 0 Å². The number of hydrogen-bond acceptors (Lipinski definition) is 7. The molecule has 3 aromatic rings. The van der Waals surface area contributed by atoms with Crippen molar-refractivity contribution in [2.24, 2.45) is 0 Å². The summed E-state index contributed by atoms with van der Waals surface area (Å²) >= 11 is 0. The Kier molecular flexibility index (Phi) is 6.60. The zero-order valence-corrected chi connectivity index (χ0v) is 19.5. The van der Waals surface area contributed by atoms with Crippen molar-refractivity contribution >= 4 is 0 Å². The molecule has 2 aliphatic rings. The van der Waals surface area contributed by atoms with E-state index in [0.29, 0.717) is 42.2 Å². The molecule has 0 amide bonds. The van der Waals surface area contributed by atoms with Crippen LogP contribution in [0.2, 0.25) is 0 Å². The summed E-state index contributed by atoms with van der Waals surface area (Å²) in [5.41, 5.74) is 4.08. The Balaban J connectivity index is 1.12. The minimum absolute atomic E-state index is 0.600. The summed E-state index contributed by atoms with van der Waals surface area (Å²) in [6.45, 7) is 5.11. The maximum Gasteiger partial charge on any atom is 0.240 e. The Morgan fingerprint density at radius 1 is 0.970 bits per heavy atom. The molecule has 0 N–H and O–H groups in total. The van der Waals surface area contributed by atoms with E-state index in [1.807, 2.05) is 18.2 Å². The lowest BCUT2D eigenvalue weighted by atomic mass is 9.95. The molecule has 3 heterocycles. The molecule has 174 valence electrons. The molecule has 7 nitrogen and oxygen atoms in total. The maximum atomic E-state index is 5.55. The van der Waals surface area contributed by atoms with Gasteiger partial charge in [-0.25, -0.2) is 0 Å². The van der Waals surface area contributed by atoms with Crippen LogP contribution in [0.5, 0.6) is 11.5 Å². The molecule has 0 aliphatic carbocycles. The second-order valence-electron chi connectivity index (χ2n) is 8.97. The van der Waals surface area contributed by atoms with Crippen LogP contribution in [0.3, 0.4) is 0 Å². The Morgan fingerprint density at radius 3 is 2.55 bits per heavy atom. The first-order chi connectivity index (χ1) is 16.2. The van der Waals surface area contributed by atoms with Crippen LogP contribution in [0.25, 0.3) is 0 Å². The first kappa shape index (κ1) is 21.9. The lowest BCUT2D eigenvalue weighted by molar-refractivity contribution is 0.0894. The van der Waals surface area contributed by atoms with Crippen LogP contribution < -0.4 is 9.47 Å². The smallest absolute Gasteiger partial charge is 0.240 e. The Labute approximate surface area is 195 Å². The largest absolute Gasteiger partial charge is 0.493 e. The highest BCUT2D eigenvalue weighted by Crippen LogP contribution is 2.28. The summed E-state index contributed by atoms with van der Waals surface area (Å²) in [5, 5.41) is 4.19. The van der Waals surface area contributed by atoms with Crippen molar-refractivity contribution in [2.45, 2.75) is 44.8 Å². The molecule has 0 spiro atoms. The van der Waals surface area contributed by atoms with Crippen molar-refractivity contribution in [1.29, 1.82) is 0 Å². The molecule has 0 saturated carbocycles. The van der Waals surface area contributed by atoms with Gasteiger partial charge in [0.2, 0.25) is 5.89 Å². The number of benzene rings is 2. The van der Waals surface area contributed by atoms with Gasteiger partial charge in [0.05, 0.1) is 20.8 Å². The normalized spacial score (nSPS) is 17.6. The number of hydrogen-bond donors (Lipinski definition) is 0. The number of ether oxygens (including phenoxy) is 2. The number of piperidine rings is 1. The third-order valence-corrected chi connectivity index (χ3v) is 6.91. The number of methoxy groups -OCH3 is 2. The van der Waals surface area contributed by atoms with Gasteiger partial charge in [0, 0.05) is 38.6 Å². The second kappa shape index (κ2) is 9.93. The van der Waals surface area contributed by atoms with Crippen LogP contribution in [0.1, 0.15) is 41.2 Å². The topological polar surface area (TPSA) is 63.9 Å². The minimum atomic E-state index is 0.600. The van der Waals surface area contributed by atoms with E-state index < -0.39 is 0 Å². The highest BCUT2D eigenvalue weighted by molar-refractivity contribution is 5.43. The van der Waals surface area contributed by atoms with Crippen molar-refractivity contribution in [3.05, 3.63) is 70.9 Å². The van der Waals surface area contributed by atoms with Crippen LogP contribution in [-0.2, 0) is 25.9 Å². The molecule has 1 fully saturated rings. The third kappa shape index (κ3) is 5.04. The SMILES string of the molecule is COc1ccc(Cc2noc(CN3CCC(N4CCc5ccccc5C4)CC3)n2)cc1OC. The van der Waals surface area contributed by atoms with Gasteiger partial charge in [0.1, 0.15) is 0 Å². The van der Waals surface area contributed by atoms with Crippen molar-refractivity contribution in [1.82, 2.24) is 19.9 Å². The van der Waals surface area contributed by atoms with Crippen LogP contribution >= 0.6 is 0 Å². The van der Waals surface area contributed by atoms with E-state index in [1.54, 1.807) is 14.2 Å². The molecule has 33 heavy (non-hydrogen) atoms. The van der Waals surface area contributed by atoms with Gasteiger partial charge in [-0.1, -0.05) is 35.5 Å². The molecule has 5 rings (SSSR count). The summed E-state index contributed by atoms with van der Waals surface area (Å²) in [6.07, 6.45) is 4.15. The summed E-state index contributed by atoms with van der Waals surface area (Å²) in [5.74, 6) is 2.81. The lowest BCUT2D eigenvalue weighted by Gasteiger charge is -2.40. The average molecular weight is 449 g/mol. The second-order valence-corrected chi connectivity index (χ2v) is 8.97. The third-order valence-electron chi connectivity index (χ3n) is 6.91. The van der Waals surface area contributed by atoms with E-state index in [4.69, 9.17) is 14.0 Å². The molecule has 1 aromatic heterocycles. The van der Waals surface area contributed by atoms with Crippen LogP contribution in [0.4, 0.5) is 0 Å². The zero-order chi connectivity index (χ0) is 22.6. The van der Waals surface area contributed by atoms with E-state index in [2.05, 4.69) is 44.2 Å². The maximum absolute atomic E-state index is 5.55. The quantitative estimate of drug-likeness (QED) is 0.546. The van der Waals surface area contributed by atoms with E-state index >= 15 is 0 Å². The van der Waals surface area contributed by atoms with Gasteiger partial charge in [-0.3, -0.25) is 9.80 Å². The number of rotatable bonds is 7. The van der Waals surface area contributed by atoms with Crippen LogP contribution in [0.15, 0.2) is 47.0 Å². The van der Waals surface area contributed by atoms with Gasteiger partial charge in [-0.2, -0.15) is 4.98 Å².